The van der Waals surface area contributed by atoms with Gasteiger partial charge in [-0.15, -0.1) is 0 Å². The lowest BCUT2D eigenvalue weighted by Gasteiger charge is -2.27. The lowest BCUT2D eigenvalue weighted by molar-refractivity contribution is 1.17. The number of hydrogen-bond acceptors (Lipinski definition) is 2. The maximum atomic E-state index is 8.88. The summed E-state index contributed by atoms with van der Waals surface area (Å²) in [6, 6.07) is 68.9. The van der Waals surface area contributed by atoms with Crippen LogP contribution in [-0.4, -0.2) is 22.5 Å². The van der Waals surface area contributed by atoms with Crippen LogP contribution in [-0.2, 0) is 0 Å². The summed E-state index contributed by atoms with van der Waals surface area (Å²) in [5.41, 5.74) is 13.6. The van der Waals surface area contributed by atoms with Gasteiger partial charge in [0, 0.05) is 45.1 Å². The molecule has 0 saturated carbocycles. The van der Waals surface area contributed by atoms with Crippen LogP contribution in [0.25, 0.3) is 50.8 Å². The van der Waals surface area contributed by atoms with Gasteiger partial charge in [-0.1, -0.05) is 170 Å². The number of rotatable bonds is 6. The molecule has 1 N–H and O–H groups in total. The minimum Gasteiger partial charge on any atom is -0.309 e. The zero-order valence-electron chi connectivity index (χ0n) is 31.6. The molecule has 58 heavy (non-hydrogen) atoms. The Bertz CT molecular complexity index is 3050. The number of amidine groups is 2. The van der Waals surface area contributed by atoms with Crippen molar-refractivity contribution in [2.24, 2.45) is 9.98 Å². The Balaban J connectivity index is 1.10. The van der Waals surface area contributed by atoms with E-state index in [4.69, 9.17) is 15.4 Å². The first kappa shape index (κ1) is 34.6. The number of anilines is 3. The van der Waals surface area contributed by atoms with Crippen LogP contribution in [0.4, 0.5) is 17.1 Å². The minimum absolute atomic E-state index is 0.152. The highest BCUT2D eigenvalue weighted by molar-refractivity contribution is 6.16. The van der Waals surface area contributed by atoms with Gasteiger partial charge in [0.1, 0.15) is 0 Å². The highest BCUT2D eigenvalue weighted by atomic mass is 15.2. The van der Waals surface area contributed by atoms with Gasteiger partial charge < -0.3 is 9.47 Å². The lowest BCUT2D eigenvalue weighted by atomic mass is 10.0. The molecule has 0 fully saturated rings. The standard InChI is InChI=1S/C53H37N5/c54-52(41-19-6-2-7-20-41)56-53(42-29-27-39(28-30-42)38-16-4-1-5-17-38)55-36-37-15-14-23-44(35-37)58-49-26-13-11-24-45(49)46-33-34-50-47(51(46)58)32-31-40-18-10-12-25-48(40)57(50)43-21-8-3-9-22-43/h1-36,54H. The van der Waals surface area contributed by atoms with Gasteiger partial charge in [0.15, 0.2) is 11.7 Å². The van der Waals surface area contributed by atoms with E-state index < -0.39 is 0 Å². The molecule has 5 heteroatoms. The Hall–Kier alpha value is -7.89. The van der Waals surface area contributed by atoms with Crippen molar-refractivity contribution in [2.75, 3.05) is 4.90 Å². The fourth-order valence-electron chi connectivity index (χ4n) is 7.95. The number of para-hydroxylation sites is 3. The second kappa shape index (κ2) is 15.0. The van der Waals surface area contributed by atoms with Crippen molar-refractivity contribution >= 4 is 68.9 Å². The van der Waals surface area contributed by atoms with E-state index in [2.05, 4.69) is 161 Å². The van der Waals surface area contributed by atoms with Crippen molar-refractivity contribution in [3.05, 3.63) is 228 Å². The molecule has 0 bridgehead atoms. The second-order valence-electron chi connectivity index (χ2n) is 14.3. The van der Waals surface area contributed by atoms with Crippen LogP contribution < -0.4 is 4.90 Å². The maximum Gasteiger partial charge on any atom is 0.161 e. The Kier molecular flexibility index (Phi) is 8.93. The summed E-state index contributed by atoms with van der Waals surface area (Å²) in [6.07, 6.45) is 6.36. The van der Waals surface area contributed by atoms with E-state index in [0.717, 1.165) is 72.7 Å². The van der Waals surface area contributed by atoms with Crippen LogP contribution in [0.3, 0.4) is 0 Å². The van der Waals surface area contributed by atoms with Crippen LogP contribution in [0, 0.1) is 5.41 Å². The molecule has 8 aromatic carbocycles. The molecule has 0 spiro atoms. The number of aromatic nitrogens is 1. The molecule has 0 aliphatic carbocycles. The summed E-state index contributed by atoms with van der Waals surface area (Å²) in [6.45, 7) is 0. The molecule has 0 atom stereocenters. The van der Waals surface area contributed by atoms with Gasteiger partial charge in [-0.05, 0) is 64.7 Å². The van der Waals surface area contributed by atoms with E-state index in [0.29, 0.717) is 5.84 Å². The van der Waals surface area contributed by atoms with Crippen molar-refractivity contribution in [1.82, 2.24) is 4.57 Å². The molecular formula is C53H37N5. The monoisotopic (exact) mass is 743 g/mol. The highest BCUT2D eigenvalue weighted by Crippen LogP contribution is 2.46. The summed E-state index contributed by atoms with van der Waals surface area (Å²) in [7, 11) is 0. The van der Waals surface area contributed by atoms with Gasteiger partial charge in [-0.25, -0.2) is 9.98 Å². The molecule has 0 radical (unpaired) electrons. The third-order valence-corrected chi connectivity index (χ3v) is 10.7. The molecule has 5 nitrogen and oxygen atoms in total. The van der Waals surface area contributed by atoms with Gasteiger partial charge in [0.25, 0.3) is 0 Å². The molecule has 1 aliphatic rings. The van der Waals surface area contributed by atoms with Crippen molar-refractivity contribution in [2.45, 2.75) is 0 Å². The topological polar surface area (TPSA) is 56.7 Å². The fourth-order valence-corrected chi connectivity index (χ4v) is 7.95. The number of nitrogens with zero attached hydrogens (tertiary/aromatic N) is 4. The second-order valence-corrected chi connectivity index (χ2v) is 14.3. The van der Waals surface area contributed by atoms with E-state index in [-0.39, 0.29) is 5.84 Å². The molecule has 0 unspecified atom stereocenters. The van der Waals surface area contributed by atoms with Crippen LogP contribution in [0.15, 0.2) is 210 Å². The van der Waals surface area contributed by atoms with E-state index in [1.54, 1.807) is 0 Å². The van der Waals surface area contributed by atoms with E-state index in [9.17, 15) is 0 Å². The average molecular weight is 744 g/mol. The van der Waals surface area contributed by atoms with Gasteiger partial charge in [-0.3, -0.25) is 5.41 Å². The summed E-state index contributed by atoms with van der Waals surface area (Å²) < 4.78 is 2.38. The molecule has 1 aliphatic heterocycles. The van der Waals surface area contributed by atoms with Crippen LogP contribution in [0.1, 0.15) is 27.8 Å². The van der Waals surface area contributed by atoms with Crippen LogP contribution >= 0.6 is 0 Å². The first-order chi connectivity index (χ1) is 28.7. The zero-order valence-corrected chi connectivity index (χ0v) is 31.6. The third-order valence-electron chi connectivity index (χ3n) is 10.7. The molecule has 9 aromatic rings. The number of aliphatic imine (C=N–C) groups is 2. The summed E-state index contributed by atoms with van der Waals surface area (Å²) >= 11 is 0. The highest BCUT2D eigenvalue weighted by Gasteiger charge is 2.24. The molecule has 0 amide bonds. The first-order valence-electron chi connectivity index (χ1n) is 19.4. The van der Waals surface area contributed by atoms with Crippen LogP contribution in [0.5, 0.6) is 0 Å². The smallest absolute Gasteiger partial charge is 0.161 e. The summed E-state index contributed by atoms with van der Waals surface area (Å²) in [4.78, 5) is 12.1. The number of fused-ring (bicyclic) bond motifs is 6. The van der Waals surface area contributed by atoms with Crippen molar-refractivity contribution in [3.63, 3.8) is 0 Å². The van der Waals surface area contributed by atoms with Gasteiger partial charge in [-0.2, -0.15) is 0 Å². The van der Waals surface area contributed by atoms with Crippen molar-refractivity contribution in [3.8, 4) is 16.8 Å². The Morgan fingerprint density at radius 3 is 1.98 bits per heavy atom. The quantitative estimate of drug-likeness (QED) is 0.134. The maximum absolute atomic E-state index is 8.88. The molecule has 10 rings (SSSR count). The average Bonchev–Trinajstić information content (AvgIpc) is 3.53. The van der Waals surface area contributed by atoms with E-state index in [1.807, 2.05) is 66.9 Å². The SMILES string of the molecule is N=C(N=C(N=Cc1cccc(-n2c3ccccc3c3ccc4c(c32)C=Cc2ccccc2N4c2ccccc2)c1)c1ccc(-c2ccccc2)cc1)c1ccccc1. The number of hydrogen-bond donors (Lipinski definition) is 1. The van der Waals surface area contributed by atoms with Crippen molar-refractivity contribution < 1.29 is 0 Å². The molecular weight excluding hydrogens is 707 g/mol. The number of benzene rings is 8. The summed E-state index contributed by atoms with van der Waals surface area (Å²) in [5.74, 6) is 0.617. The largest absolute Gasteiger partial charge is 0.309 e. The van der Waals surface area contributed by atoms with Gasteiger partial charge >= 0.3 is 0 Å². The fraction of sp³-hybridized carbons (Fsp3) is 0. The molecule has 0 saturated heterocycles. The normalized spacial score (nSPS) is 12.5. The Labute approximate surface area is 337 Å². The van der Waals surface area contributed by atoms with Gasteiger partial charge in [0.05, 0.1) is 22.4 Å². The zero-order chi connectivity index (χ0) is 38.8. The predicted molar refractivity (Wildman–Crippen MR) is 244 cm³/mol. The Morgan fingerprint density at radius 2 is 1.17 bits per heavy atom. The first-order valence-corrected chi connectivity index (χ1v) is 19.4. The molecule has 274 valence electrons. The van der Waals surface area contributed by atoms with Crippen molar-refractivity contribution in [1.29, 1.82) is 5.41 Å². The van der Waals surface area contributed by atoms with Crippen LogP contribution in [0.2, 0.25) is 0 Å². The minimum atomic E-state index is 0.152. The molecule has 2 heterocycles. The predicted octanol–water partition coefficient (Wildman–Crippen LogP) is 13.3. The lowest BCUT2D eigenvalue weighted by Crippen LogP contribution is -2.12. The van der Waals surface area contributed by atoms with E-state index >= 15 is 0 Å². The van der Waals surface area contributed by atoms with E-state index in [1.165, 1.54) is 10.8 Å². The summed E-state index contributed by atoms with van der Waals surface area (Å²) in [5, 5.41) is 11.3. The van der Waals surface area contributed by atoms with Gasteiger partial charge in [0.2, 0.25) is 0 Å². The third kappa shape index (κ3) is 6.41. The Morgan fingerprint density at radius 1 is 0.500 bits per heavy atom. The molecule has 1 aromatic heterocycles. The number of nitrogens with one attached hydrogen (secondary N) is 1.